The summed E-state index contributed by atoms with van der Waals surface area (Å²) in [6, 6.07) is 7.49. The predicted octanol–water partition coefficient (Wildman–Crippen LogP) is 3.21. The average molecular weight is 258 g/mol. The van der Waals surface area contributed by atoms with Crippen LogP contribution in [0.5, 0.6) is 0 Å². The Morgan fingerprint density at radius 1 is 1.42 bits per heavy atom. The fraction of sp³-hybridized carbons (Fsp3) is 0.333. The molecular formula is C15H18N2O2. The summed E-state index contributed by atoms with van der Waals surface area (Å²) in [7, 11) is 1.78. The summed E-state index contributed by atoms with van der Waals surface area (Å²) in [5.74, 6) is 0.289. The van der Waals surface area contributed by atoms with Crippen LogP contribution < -0.4 is 0 Å². The minimum Gasteiger partial charge on any atom is -0.459 e. The molecule has 2 rings (SSSR count). The quantitative estimate of drug-likeness (QED) is 0.846. The number of furan rings is 1. The fourth-order valence-corrected chi connectivity index (χ4v) is 2.15. The third-order valence-electron chi connectivity index (χ3n) is 3.26. The molecule has 2 heterocycles. The van der Waals surface area contributed by atoms with E-state index in [1.165, 1.54) is 6.26 Å². The highest BCUT2D eigenvalue weighted by atomic mass is 16.3. The van der Waals surface area contributed by atoms with Crippen LogP contribution in [0.2, 0.25) is 0 Å². The van der Waals surface area contributed by atoms with Crippen molar-refractivity contribution in [3.8, 4) is 0 Å². The summed E-state index contributed by atoms with van der Waals surface area (Å²) < 4.78 is 5.27. The van der Waals surface area contributed by atoms with Crippen LogP contribution in [0.15, 0.2) is 41.1 Å². The first-order valence-electron chi connectivity index (χ1n) is 6.37. The Labute approximate surface area is 113 Å². The summed E-state index contributed by atoms with van der Waals surface area (Å²) >= 11 is 0. The van der Waals surface area contributed by atoms with Crippen LogP contribution in [0.1, 0.15) is 41.2 Å². The Balaban J connectivity index is 2.25. The standard InChI is InChI=1S/C15H18N2O2/c1-4-13(12-7-5-6-9-16-12)17(3)15(18)14-11(2)8-10-19-14/h5-10,13H,4H2,1-3H3. The normalized spacial score (nSPS) is 12.2. The Morgan fingerprint density at radius 3 is 2.74 bits per heavy atom. The van der Waals surface area contributed by atoms with Crippen molar-refractivity contribution in [2.75, 3.05) is 7.05 Å². The van der Waals surface area contributed by atoms with Gasteiger partial charge in [0.25, 0.3) is 5.91 Å². The van der Waals surface area contributed by atoms with Crippen LogP contribution in [0.25, 0.3) is 0 Å². The van der Waals surface area contributed by atoms with Gasteiger partial charge in [0, 0.05) is 18.8 Å². The van der Waals surface area contributed by atoms with Crippen molar-refractivity contribution in [2.45, 2.75) is 26.3 Å². The molecule has 2 aromatic heterocycles. The smallest absolute Gasteiger partial charge is 0.290 e. The van der Waals surface area contributed by atoms with E-state index in [-0.39, 0.29) is 11.9 Å². The molecule has 0 N–H and O–H groups in total. The van der Waals surface area contributed by atoms with Crippen LogP contribution >= 0.6 is 0 Å². The molecule has 0 bridgehead atoms. The maximum atomic E-state index is 12.4. The molecule has 1 amide bonds. The highest BCUT2D eigenvalue weighted by Gasteiger charge is 2.25. The number of amides is 1. The molecule has 0 aliphatic carbocycles. The van der Waals surface area contributed by atoms with Crippen LogP contribution in [0.4, 0.5) is 0 Å². The maximum Gasteiger partial charge on any atom is 0.290 e. The topological polar surface area (TPSA) is 46.3 Å². The van der Waals surface area contributed by atoms with Crippen LogP contribution in [0, 0.1) is 6.92 Å². The lowest BCUT2D eigenvalue weighted by Crippen LogP contribution is -2.31. The summed E-state index contributed by atoms with van der Waals surface area (Å²) in [4.78, 5) is 18.4. The van der Waals surface area contributed by atoms with E-state index in [0.717, 1.165) is 17.7 Å². The van der Waals surface area contributed by atoms with Crippen molar-refractivity contribution >= 4 is 5.91 Å². The molecule has 0 aliphatic heterocycles. The van der Waals surface area contributed by atoms with E-state index >= 15 is 0 Å². The van der Waals surface area contributed by atoms with Gasteiger partial charge in [0.1, 0.15) is 0 Å². The lowest BCUT2D eigenvalue weighted by molar-refractivity contribution is 0.0689. The minimum absolute atomic E-state index is 0.0433. The molecule has 0 spiro atoms. The second-order valence-corrected chi connectivity index (χ2v) is 4.53. The Hall–Kier alpha value is -2.10. The molecule has 0 saturated carbocycles. The number of carbonyl (C=O) groups excluding carboxylic acids is 1. The number of hydrogen-bond donors (Lipinski definition) is 0. The molecule has 19 heavy (non-hydrogen) atoms. The van der Waals surface area contributed by atoms with E-state index in [1.54, 1.807) is 24.2 Å². The van der Waals surface area contributed by atoms with Crippen molar-refractivity contribution in [2.24, 2.45) is 0 Å². The SMILES string of the molecule is CCC(c1ccccn1)N(C)C(=O)c1occc1C. The molecule has 0 aliphatic rings. The van der Waals surface area contributed by atoms with Gasteiger partial charge in [-0.25, -0.2) is 0 Å². The van der Waals surface area contributed by atoms with Gasteiger partial charge in [0.2, 0.25) is 0 Å². The second kappa shape index (κ2) is 5.69. The first kappa shape index (κ1) is 13.3. The highest BCUT2D eigenvalue weighted by Crippen LogP contribution is 2.23. The van der Waals surface area contributed by atoms with Crippen molar-refractivity contribution in [3.05, 3.63) is 53.7 Å². The number of aromatic nitrogens is 1. The zero-order chi connectivity index (χ0) is 13.8. The first-order valence-corrected chi connectivity index (χ1v) is 6.37. The molecule has 1 unspecified atom stereocenters. The summed E-state index contributed by atoms with van der Waals surface area (Å²) in [6.45, 7) is 3.91. The Bertz CT molecular complexity index is 548. The number of hydrogen-bond acceptors (Lipinski definition) is 3. The van der Waals surface area contributed by atoms with Gasteiger partial charge < -0.3 is 9.32 Å². The molecule has 1 atom stereocenters. The summed E-state index contributed by atoms with van der Waals surface area (Å²) in [5, 5.41) is 0. The third-order valence-corrected chi connectivity index (χ3v) is 3.26. The molecule has 0 aromatic carbocycles. The van der Waals surface area contributed by atoms with E-state index in [1.807, 2.05) is 32.0 Å². The number of nitrogens with zero attached hydrogens (tertiary/aromatic N) is 2. The van der Waals surface area contributed by atoms with Gasteiger partial charge in [-0.3, -0.25) is 9.78 Å². The van der Waals surface area contributed by atoms with Crippen LogP contribution in [-0.4, -0.2) is 22.8 Å². The molecule has 4 heteroatoms. The second-order valence-electron chi connectivity index (χ2n) is 4.53. The molecule has 4 nitrogen and oxygen atoms in total. The minimum atomic E-state index is -0.111. The highest BCUT2D eigenvalue weighted by molar-refractivity contribution is 5.92. The lowest BCUT2D eigenvalue weighted by atomic mass is 10.1. The summed E-state index contributed by atoms with van der Waals surface area (Å²) in [5.41, 5.74) is 1.75. The van der Waals surface area contributed by atoms with Gasteiger partial charge in [0.05, 0.1) is 18.0 Å². The zero-order valence-corrected chi connectivity index (χ0v) is 11.5. The van der Waals surface area contributed by atoms with E-state index in [9.17, 15) is 4.79 Å². The monoisotopic (exact) mass is 258 g/mol. The van der Waals surface area contributed by atoms with E-state index in [2.05, 4.69) is 4.98 Å². The molecule has 2 aromatic rings. The van der Waals surface area contributed by atoms with Crippen molar-refractivity contribution in [3.63, 3.8) is 0 Å². The van der Waals surface area contributed by atoms with Crippen molar-refractivity contribution in [1.82, 2.24) is 9.88 Å². The molecular weight excluding hydrogens is 240 g/mol. The largest absolute Gasteiger partial charge is 0.459 e. The number of aryl methyl sites for hydroxylation is 1. The fourth-order valence-electron chi connectivity index (χ4n) is 2.15. The summed E-state index contributed by atoms with van der Waals surface area (Å²) in [6.07, 6.45) is 4.09. The molecule has 0 radical (unpaired) electrons. The van der Waals surface area contributed by atoms with E-state index in [0.29, 0.717) is 5.76 Å². The van der Waals surface area contributed by atoms with Gasteiger partial charge in [-0.15, -0.1) is 0 Å². The van der Waals surface area contributed by atoms with Crippen LogP contribution in [0.3, 0.4) is 0 Å². The molecule has 0 saturated heterocycles. The van der Waals surface area contributed by atoms with Crippen molar-refractivity contribution in [1.29, 1.82) is 0 Å². The third kappa shape index (κ3) is 2.67. The molecule has 100 valence electrons. The van der Waals surface area contributed by atoms with Crippen molar-refractivity contribution < 1.29 is 9.21 Å². The number of rotatable bonds is 4. The van der Waals surface area contributed by atoms with Crippen LogP contribution in [-0.2, 0) is 0 Å². The Morgan fingerprint density at radius 2 is 2.21 bits per heavy atom. The molecule has 0 fully saturated rings. The maximum absolute atomic E-state index is 12.4. The van der Waals surface area contributed by atoms with E-state index in [4.69, 9.17) is 4.42 Å². The van der Waals surface area contributed by atoms with Gasteiger partial charge in [0.15, 0.2) is 5.76 Å². The first-order chi connectivity index (χ1) is 9.15. The van der Waals surface area contributed by atoms with Gasteiger partial charge in [-0.1, -0.05) is 13.0 Å². The average Bonchev–Trinajstić information content (AvgIpc) is 2.86. The van der Waals surface area contributed by atoms with E-state index < -0.39 is 0 Å². The number of carbonyl (C=O) groups is 1. The predicted molar refractivity (Wildman–Crippen MR) is 72.8 cm³/mol. The lowest BCUT2D eigenvalue weighted by Gasteiger charge is -2.26. The number of pyridine rings is 1. The zero-order valence-electron chi connectivity index (χ0n) is 11.5. The van der Waals surface area contributed by atoms with Gasteiger partial charge in [-0.2, -0.15) is 0 Å². The van der Waals surface area contributed by atoms with Gasteiger partial charge >= 0.3 is 0 Å². The Kier molecular flexibility index (Phi) is 4.00. The van der Waals surface area contributed by atoms with Gasteiger partial charge in [-0.05, 0) is 31.5 Å².